The molecule has 1 heterocycles. The summed E-state index contributed by atoms with van der Waals surface area (Å²) in [5, 5.41) is 18.6. The number of rotatable bonds is 3. The number of aromatic nitrogens is 2. The minimum atomic E-state index is -1.08. The first kappa shape index (κ1) is 15.5. The van der Waals surface area contributed by atoms with Gasteiger partial charge in [0.15, 0.2) is 5.16 Å². The molecule has 0 fully saturated rings. The molecule has 21 heavy (non-hydrogen) atoms. The molecule has 0 unspecified atom stereocenters. The van der Waals surface area contributed by atoms with E-state index < -0.39 is 11.5 Å². The molecule has 1 aromatic heterocycles. The van der Waals surface area contributed by atoms with E-state index >= 15 is 0 Å². The Bertz CT molecular complexity index is 826. The molecule has 0 aliphatic carbocycles. The molecule has 0 spiro atoms. The average molecular weight is 413 g/mol. The molecule has 0 atom stereocenters. The number of carbonyl (C=O) groups is 1. The molecule has 6 nitrogen and oxygen atoms in total. The van der Waals surface area contributed by atoms with E-state index in [4.69, 9.17) is 10.4 Å². The highest BCUT2D eigenvalue weighted by molar-refractivity contribution is 14.1. The zero-order chi connectivity index (χ0) is 15.6. The van der Waals surface area contributed by atoms with Crippen molar-refractivity contribution in [1.82, 2.24) is 9.97 Å². The van der Waals surface area contributed by atoms with Crippen LogP contribution in [-0.2, 0) is 0 Å². The summed E-state index contributed by atoms with van der Waals surface area (Å²) in [6, 6.07) is 6.40. The van der Waals surface area contributed by atoms with E-state index in [1.165, 1.54) is 23.9 Å². The van der Waals surface area contributed by atoms with Crippen molar-refractivity contribution in [3.05, 3.63) is 43.2 Å². The van der Waals surface area contributed by atoms with Crippen molar-refractivity contribution >= 4 is 40.3 Å². The number of carboxylic acids is 1. The smallest absolute Gasteiger partial charge is 0.335 e. The van der Waals surface area contributed by atoms with Crippen LogP contribution in [0, 0.1) is 14.9 Å². The lowest BCUT2D eigenvalue weighted by atomic mass is 10.0. The topological polar surface area (TPSA) is 107 Å². The molecule has 8 heteroatoms. The Morgan fingerprint density at radius 3 is 2.76 bits per heavy atom. The summed E-state index contributed by atoms with van der Waals surface area (Å²) in [5.74, 6) is -1.08. The first-order valence-corrected chi connectivity index (χ1v) is 7.89. The van der Waals surface area contributed by atoms with Gasteiger partial charge in [0.05, 0.1) is 11.3 Å². The van der Waals surface area contributed by atoms with Crippen LogP contribution in [-0.4, -0.2) is 27.3 Å². The number of nitriles is 1. The predicted octanol–water partition coefficient (Wildman–Crippen LogP) is 2.33. The fourth-order valence-electron chi connectivity index (χ4n) is 1.71. The zero-order valence-corrected chi connectivity index (χ0v) is 13.7. The van der Waals surface area contributed by atoms with Gasteiger partial charge in [0.25, 0.3) is 5.56 Å². The largest absolute Gasteiger partial charge is 0.478 e. The van der Waals surface area contributed by atoms with Crippen LogP contribution in [0.4, 0.5) is 0 Å². The number of benzene rings is 1. The van der Waals surface area contributed by atoms with E-state index in [2.05, 4.69) is 9.97 Å². The van der Waals surface area contributed by atoms with Crippen LogP contribution in [0.1, 0.15) is 15.9 Å². The second-order valence-electron chi connectivity index (χ2n) is 3.94. The highest BCUT2D eigenvalue weighted by atomic mass is 127. The fourth-order valence-corrected chi connectivity index (χ4v) is 2.76. The number of thioether (sulfide) groups is 1. The van der Waals surface area contributed by atoms with Crippen molar-refractivity contribution in [2.75, 3.05) is 6.26 Å². The van der Waals surface area contributed by atoms with Gasteiger partial charge in [-0.05, 0) is 47.0 Å². The standard InChI is InChI=1S/C13H8IN3O3S/c1-21-13-16-10(9(5-15)11(18)17-13)6-2-7(12(19)20)4-8(14)3-6/h2-4H,1H3,(H,19,20)(H,16,17,18). The number of aromatic amines is 1. The number of nitrogens with zero attached hydrogens (tertiary/aromatic N) is 2. The van der Waals surface area contributed by atoms with Crippen molar-refractivity contribution in [3.8, 4) is 17.3 Å². The van der Waals surface area contributed by atoms with E-state index in [1.807, 2.05) is 28.7 Å². The molecular weight excluding hydrogens is 405 g/mol. The highest BCUT2D eigenvalue weighted by Crippen LogP contribution is 2.24. The van der Waals surface area contributed by atoms with Crippen molar-refractivity contribution in [2.45, 2.75) is 5.16 Å². The fraction of sp³-hybridized carbons (Fsp3) is 0.0769. The lowest BCUT2D eigenvalue weighted by Gasteiger charge is -2.07. The van der Waals surface area contributed by atoms with E-state index in [0.717, 1.165) is 0 Å². The Hall–Kier alpha value is -1.86. The molecule has 1 aromatic carbocycles. The SMILES string of the molecule is CSc1nc(-c2cc(I)cc(C(=O)O)c2)c(C#N)c(=O)[nH]1. The lowest BCUT2D eigenvalue weighted by Crippen LogP contribution is -2.14. The second-order valence-corrected chi connectivity index (χ2v) is 5.98. The van der Waals surface area contributed by atoms with Gasteiger partial charge in [-0.25, -0.2) is 9.78 Å². The van der Waals surface area contributed by atoms with Crippen LogP contribution in [0.25, 0.3) is 11.3 Å². The maximum Gasteiger partial charge on any atom is 0.335 e. The van der Waals surface area contributed by atoms with Crippen LogP contribution in [0.3, 0.4) is 0 Å². The Morgan fingerprint density at radius 2 is 2.19 bits per heavy atom. The molecular formula is C13H8IN3O3S. The van der Waals surface area contributed by atoms with Crippen LogP contribution in [0.15, 0.2) is 28.2 Å². The first-order chi connectivity index (χ1) is 9.96. The monoisotopic (exact) mass is 413 g/mol. The van der Waals surface area contributed by atoms with Gasteiger partial charge in [0, 0.05) is 9.13 Å². The number of halogens is 1. The number of hydrogen-bond acceptors (Lipinski definition) is 5. The average Bonchev–Trinajstić information content (AvgIpc) is 2.45. The molecule has 2 aromatic rings. The van der Waals surface area contributed by atoms with Crippen molar-refractivity contribution < 1.29 is 9.90 Å². The van der Waals surface area contributed by atoms with E-state index in [-0.39, 0.29) is 16.8 Å². The normalized spacial score (nSPS) is 10.1. The van der Waals surface area contributed by atoms with Crippen LogP contribution in [0.5, 0.6) is 0 Å². The van der Waals surface area contributed by atoms with Gasteiger partial charge in [-0.1, -0.05) is 11.8 Å². The third-order valence-corrected chi connectivity index (χ3v) is 3.82. The Morgan fingerprint density at radius 1 is 1.48 bits per heavy atom. The molecule has 0 aliphatic rings. The molecule has 0 radical (unpaired) electrons. The maximum atomic E-state index is 11.9. The maximum absolute atomic E-state index is 11.9. The summed E-state index contributed by atoms with van der Waals surface area (Å²) in [4.78, 5) is 29.7. The van der Waals surface area contributed by atoms with Crippen LogP contribution < -0.4 is 5.56 Å². The predicted molar refractivity (Wildman–Crippen MR) is 86.5 cm³/mol. The minimum Gasteiger partial charge on any atom is -0.478 e. The summed E-state index contributed by atoms with van der Waals surface area (Å²) in [6.45, 7) is 0. The Kier molecular flexibility index (Phi) is 4.64. The van der Waals surface area contributed by atoms with Gasteiger partial charge in [-0.3, -0.25) is 4.79 Å². The van der Waals surface area contributed by atoms with Gasteiger partial charge >= 0.3 is 5.97 Å². The third kappa shape index (κ3) is 3.25. The Labute approximate surface area is 137 Å². The van der Waals surface area contributed by atoms with Crippen LogP contribution in [0.2, 0.25) is 0 Å². The molecule has 0 bridgehead atoms. The lowest BCUT2D eigenvalue weighted by molar-refractivity contribution is 0.0697. The van der Waals surface area contributed by atoms with E-state index in [1.54, 1.807) is 12.3 Å². The summed E-state index contributed by atoms with van der Waals surface area (Å²) < 4.78 is 0.680. The van der Waals surface area contributed by atoms with Crippen molar-refractivity contribution in [3.63, 3.8) is 0 Å². The summed E-state index contributed by atoms with van der Waals surface area (Å²) in [5.41, 5.74) is 0.0196. The summed E-state index contributed by atoms with van der Waals surface area (Å²) in [6.07, 6.45) is 1.74. The quantitative estimate of drug-likeness (QED) is 0.455. The van der Waals surface area contributed by atoms with Gasteiger partial charge in [-0.15, -0.1) is 0 Å². The molecule has 0 saturated carbocycles. The molecule has 0 amide bonds. The first-order valence-electron chi connectivity index (χ1n) is 5.59. The van der Waals surface area contributed by atoms with Crippen molar-refractivity contribution in [2.24, 2.45) is 0 Å². The Balaban J connectivity index is 2.78. The molecule has 2 N–H and O–H groups in total. The van der Waals surface area contributed by atoms with Gasteiger partial charge in [0.2, 0.25) is 0 Å². The highest BCUT2D eigenvalue weighted by Gasteiger charge is 2.15. The number of H-pyrrole nitrogens is 1. The van der Waals surface area contributed by atoms with E-state index in [9.17, 15) is 9.59 Å². The summed E-state index contributed by atoms with van der Waals surface area (Å²) in [7, 11) is 0. The third-order valence-electron chi connectivity index (χ3n) is 2.62. The molecule has 106 valence electrons. The number of hydrogen-bond donors (Lipinski definition) is 2. The second kappa shape index (κ2) is 6.28. The number of aromatic carboxylic acids is 1. The molecule has 0 aliphatic heterocycles. The van der Waals surface area contributed by atoms with Crippen LogP contribution >= 0.6 is 34.4 Å². The zero-order valence-electron chi connectivity index (χ0n) is 10.7. The molecule has 0 saturated heterocycles. The number of nitrogens with one attached hydrogen (secondary N) is 1. The van der Waals surface area contributed by atoms with E-state index in [0.29, 0.717) is 14.3 Å². The van der Waals surface area contributed by atoms with Gasteiger partial charge < -0.3 is 10.1 Å². The summed E-state index contributed by atoms with van der Waals surface area (Å²) >= 11 is 3.21. The minimum absolute atomic E-state index is 0.0774. The number of carboxylic acid groups (broad SMARTS) is 1. The van der Waals surface area contributed by atoms with Crippen molar-refractivity contribution in [1.29, 1.82) is 5.26 Å². The molecule has 2 rings (SSSR count). The van der Waals surface area contributed by atoms with Gasteiger partial charge in [0.1, 0.15) is 11.6 Å². The van der Waals surface area contributed by atoms with Gasteiger partial charge in [-0.2, -0.15) is 5.26 Å².